The Hall–Kier alpha value is -4.65. The molecular weight excluding hydrogens is 570 g/mol. The first kappa shape index (κ1) is 35.5. The molecule has 0 radical (unpaired) electrons. The predicted molar refractivity (Wildman–Crippen MR) is 163 cm³/mol. The number of benzene rings is 2. The van der Waals surface area contributed by atoms with Crippen molar-refractivity contribution in [1.29, 1.82) is 0 Å². The van der Waals surface area contributed by atoms with Crippen LogP contribution >= 0.6 is 0 Å². The Labute approximate surface area is 256 Å². The average molecular weight is 614 g/mol. The van der Waals surface area contributed by atoms with E-state index in [-0.39, 0.29) is 48.8 Å². The first-order valence-corrected chi connectivity index (χ1v) is 14.6. The number of nitrogens with two attached hydrogens (primary N) is 1. The summed E-state index contributed by atoms with van der Waals surface area (Å²) in [6, 6.07) is 9.15. The van der Waals surface area contributed by atoms with Crippen LogP contribution in [0.3, 0.4) is 0 Å². The Bertz CT molecular complexity index is 1270. The molecule has 13 nitrogen and oxygen atoms in total. The van der Waals surface area contributed by atoms with Crippen molar-refractivity contribution in [3.8, 4) is 11.5 Å². The van der Waals surface area contributed by atoms with E-state index < -0.39 is 47.7 Å². The maximum atomic E-state index is 13.6. The van der Waals surface area contributed by atoms with Crippen molar-refractivity contribution in [1.82, 2.24) is 21.3 Å². The molecule has 0 aliphatic heterocycles. The second kappa shape index (κ2) is 18.1. The van der Waals surface area contributed by atoms with Crippen molar-refractivity contribution in [2.45, 2.75) is 70.5 Å². The largest absolute Gasteiger partial charge is 0.508 e. The van der Waals surface area contributed by atoms with Gasteiger partial charge in [0.25, 0.3) is 5.91 Å². The average Bonchev–Trinajstić information content (AvgIpc) is 2.99. The number of unbranched alkanes of at least 4 members (excludes halogenated alkanes) is 1. The number of aliphatic carboxylic acids is 1. The quantitative estimate of drug-likeness (QED) is 0.0892. The monoisotopic (exact) mass is 613 g/mol. The second-order valence-electron chi connectivity index (χ2n) is 10.6. The number of phenolic OH excluding ortho intramolecular Hbond substituents is 2. The maximum Gasteiger partial charge on any atom is 0.305 e. The fourth-order valence-electron chi connectivity index (χ4n) is 4.40. The topological polar surface area (TPSA) is 220 Å². The zero-order valence-corrected chi connectivity index (χ0v) is 25.0. The zero-order valence-electron chi connectivity index (χ0n) is 25.0. The van der Waals surface area contributed by atoms with E-state index in [0.29, 0.717) is 25.8 Å². The van der Waals surface area contributed by atoms with Crippen LogP contribution in [0.1, 0.15) is 61.9 Å². The number of rotatable bonds is 18. The van der Waals surface area contributed by atoms with Crippen LogP contribution < -0.4 is 27.0 Å². The van der Waals surface area contributed by atoms with E-state index in [4.69, 9.17) is 10.8 Å². The number of carboxylic acids is 1. The molecule has 0 bridgehead atoms. The van der Waals surface area contributed by atoms with Gasteiger partial charge in [0.1, 0.15) is 29.6 Å². The summed E-state index contributed by atoms with van der Waals surface area (Å²) in [7, 11) is 0. The third kappa shape index (κ3) is 11.6. The fourth-order valence-corrected chi connectivity index (χ4v) is 4.40. The molecule has 2 aromatic carbocycles. The molecule has 9 N–H and O–H groups in total. The van der Waals surface area contributed by atoms with Gasteiger partial charge in [0, 0.05) is 13.0 Å². The molecule has 13 heteroatoms. The number of amides is 4. The lowest BCUT2D eigenvalue weighted by Gasteiger charge is -2.28. The summed E-state index contributed by atoms with van der Waals surface area (Å²) in [5.74, 6) is -4.73. The Morgan fingerprint density at radius 3 is 2.20 bits per heavy atom. The Morgan fingerprint density at radius 2 is 1.57 bits per heavy atom. The fraction of sp³-hybridized carbons (Fsp3) is 0.452. The van der Waals surface area contributed by atoms with E-state index in [9.17, 15) is 34.2 Å². The van der Waals surface area contributed by atoms with Gasteiger partial charge in [-0.1, -0.05) is 50.6 Å². The molecule has 0 spiro atoms. The van der Waals surface area contributed by atoms with Gasteiger partial charge >= 0.3 is 5.97 Å². The molecule has 0 aliphatic rings. The summed E-state index contributed by atoms with van der Waals surface area (Å²) in [6.45, 7) is 3.84. The van der Waals surface area contributed by atoms with Crippen molar-refractivity contribution >= 4 is 29.6 Å². The molecule has 44 heavy (non-hydrogen) atoms. The minimum atomic E-state index is -1.10. The highest BCUT2D eigenvalue weighted by molar-refractivity contribution is 6.00. The molecule has 0 saturated carbocycles. The van der Waals surface area contributed by atoms with E-state index in [1.165, 1.54) is 6.07 Å². The third-order valence-electron chi connectivity index (χ3n) is 7.14. The van der Waals surface area contributed by atoms with Gasteiger partial charge in [-0.25, -0.2) is 0 Å². The van der Waals surface area contributed by atoms with E-state index in [1.807, 2.05) is 13.0 Å². The smallest absolute Gasteiger partial charge is 0.305 e. The normalized spacial score (nSPS) is 13.5. The van der Waals surface area contributed by atoms with Crippen molar-refractivity contribution in [3.63, 3.8) is 0 Å². The SMILES string of the molecule is CC[C@H](C)[C@H](NC(=O)[C@H](CCCCN)NC(=O)c1cc(O)ccc1O)C(=O)N[C@@H](Cc1ccccc1)C(=O)NCCC(=O)O. The number of carboxylic acid groups (broad SMARTS) is 1. The van der Waals surface area contributed by atoms with Crippen LogP contribution in [0, 0.1) is 5.92 Å². The highest BCUT2D eigenvalue weighted by Gasteiger charge is 2.32. The minimum Gasteiger partial charge on any atom is -0.508 e. The van der Waals surface area contributed by atoms with Gasteiger partial charge in [-0.3, -0.25) is 24.0 Å². The summed E-state index contributed by atoms with van der Waals surface area (Å²) in [5.41, 5.74) is 6.14. The molecule has 4 atom stereocenters. The van der Waals surface area contributed by atoms with E-state index >= 15 is 0 Å². The molecule has 0 aliphatic carbocycles. The van der Waals surface area contributed by atoms with Crippen LogP contribution in [0.5, 0.6) is 11.5 Å². The number of carbonyl (C=O) groups excluding carboxylic acids is 4. The first-order chi connectivity index (χ1) is 21.0. The molecule has 240 valence electrons. The molecule has 2 rings (SSSR count). The number of phenols is 2. The Kier molecular flexibility index (Phi) is 14.6. The van der Waals surface area contributed by atoms with Crippen molar-refractivity contribution in [3.05, 3.63) is 59.7 Å². The highest BCUT2D eigenvalue weighted by atomic mass is 16.4. The summed E-state index contributed by atoms with van der Waals surface area (Å²) < 4.78 is 0. The van der Waals surface area contributed by atoms with Crippen molar-refractivity contribution in [2.75, 3.05) is 13.1 Å². The van der Waals surface area contributed by atoms with Crippen LogP contribution in [-0.2, 0) is 25.6 Å². The Balaban J connectivity index is 2.26. The lowest BCUT2D eigenvalue weighted by molar-refractivity contribution is -0.137. The second-order valence-corrected chi connectivity index (χ2v) is 10.6. The van der Waals surface area contributed by atoms with Gasteiger partial charge in [0.05, 0.1) is 12.0 Å². The van der Waals surface area contributed by atoms with E-state index in [1.54, 1.807) is 31.2 Å². The summed E-state index contributed by atoms with van der Waals surface area (Å²) in [5, 5.41) is 39.4. The predicted octanol–water partition coefficient (Wildman–Crippen LogP) is 1.17. The molecule has 0 saturated heterocycles. The van der Waals surface area contributed by atoms with Crippen LogP contribution in [-0.4, -0.2) is 76.1 Å². The molecule has 0 aromatic heterocycles. The van der Waals surface area contributed by atoms with Crippen molar-refractivity contribution in [2.24, 2.45) is 11.7 Å². The zero-order chi connectivity index (χ0) is 32.6. The van der Waals surface area contributed by atoms with Crippen molar-refractivity contribution < 1.29 is 39.3 Å². The molecule has 0 heterocycles. The Morgan fingerprint density at radius 1 is 0.864 bits per heavy atom. The summed E-state index contributed by atoms with van der Waals surface area (Å²) >= 11 is 0. The third-order valence-corrected chi connectivity index (χ3v) is 7.14. The van der Waals surface area contributed by atoms with Crippen LogP contribution in [0.25, 0.3) is 0 Å². The van der Waals surface area contributed by atoms with E-state index in [2.05, 4.69) is 21.3 Å². The summed E-state index contributed by atoms with van der Waals surface area (Å²) in [4.78, 5) is 64.0. The summed E-state index contributed by atoms with van der Waals surface area (Å²) in [6.07, 6.45) is 1.57. The van der Waals surface area contributed by atoms with Gasteiger partial charge < -0.3 is 42.3 Å². The van der Waals surface area contributed by atoms with Crippen LogP contribution in [0.2, 0.25) is 0 Å². The van der Waals surface area contributed by atoms with Gasteiger partial charge in [0.15, 0.2) is 0 Å². The van der Waals surface area contributed by atoms with Gasteiger partial charge in [-0.05, 0) is 55.5 Å². The standard InChI is InChI=1S/C31H43N5O8/c1-3-19(2)27(31(44)35-24(17-20-9-5-4-6-10-20)29(42)33-16-14-26(39)40)36-30(43)23(11-7-8-15-32)34-28(41)22-18-21(37)12-13-25(22)38/h4-6,9-10,12-13,18-19,23-24,27,37-38H,3,7-8,11,14-17,32H2,1-2H3,(H,33,42)(H,34,41)(H,35,44)(H,36,43)(H,39,40)/t19-,23-,24-,27-/m0/s1. The number of aromatic hydroxyl groups is 2. The molecule has 0 unspecified atom stereocenters. The van der Waals surface area contributed by atoms with Gasteiger partial charge in [0.2, 0.25) is 17.7 Å². The minimum absolute atomic E-state index is 0.123. The lowest BCUT2D eigenvalue weighted by Crippen LogP contribution is -2.59. The maximum absolute atomic E-state index is 13.6. The first-order valence-electron chi connectivity index (χ1n) is 14.6. The molecule has 0 fully saturated rings. The lowest BCUT2D eigenvalue weighted by atomic mass is 9.96. The number of nitrogens with one attached hydrogen (secondary N) is 4. The molecular formula is C31H43N5O8. The van der Waals surface area contributed by atoms with Gasteiger partial charge in [-0.15, -0.1) is 0 Å². The highest BCUT2D eigenvalue weighted by Crippen LogP contribution is 2.22. The van der Waals surface area contributed by atoms with Crippen LogP contribution in [0.4, 0.5) is 0 Å². The molecule has 4 amide bonds. The number of hydrogen-bond donors (Lipinski definition) is 8. The van der Waals surface area contributed by atoms with E-state index in [0.717, 1.165) is 17.7 Å². The number of carbonyl (C=O) groups is 5. The number of hydrogen-bond acceptors (Lipinski definition) is 8. The van der Waals surface area contributed by atoms with Crippen LogP contribution in [0.15, 0.2) is 48.5 Å². The van der Waals surface area contributed by atoms with Gasteiger partial charge in [-0.2, -0.15) is 0 Å². The molecule has 2 aromatic rings.